The van der Waals surface area contributed by atoms with Crippen molar-refractivity contribution < 1.29 is 9.53 Å². The largest absolute Gasteiger partial charge is 0.458 e. The predicted molar refractivity (Wildman–Crippen MR) is 86.5 cm³/mol. The highest BCUT2D eigenvalue weighted by Gasteiger charge is 2.33. The predicted octanol–water partition coefficient (Wildman–Crippen LogP) is 2.55. The van der Waals surface area contributed by atoms with Crippen molar-refractivity contribution in [1.29, 1.82) is 0 Å². The van der Waals surface area contributed by atoms with E-state index in [1.807, 2.05) is 44.3 Å². The Bertz CT molecular complexity index is 596. The lowest BCUT2D eigenvalue weighted by Crippen LogP contribution is -2.46. The molecule has 5 heteroatoms. The molecule has 0 bridgehead atoms. The smallest absolute Gasteiger partial charge is 0.338 e. The SMILES string of the molecule is C=CCOC(=O)C1=C(C)N(C)C(=S)NC1c1ccccc1. The van der Waals surface area contributed by atoms with Gasteiger partial charge in [0, 0.05) is 12.7 Å². The number of hydrogen-bond acceptors (Lipinski definition) is 3. The minimum atomic E-state index is -0.358. The lowest BCUT2D eigenvalue weighted by molar-refractivity contribution is -0.138. The second-order valence-electron chi connectivity index (χ2n) is 4.74. The Hall–Kier alpha value is -2.14. The van der Waals surface area contributed by atoms with E-state index < -0.39 is 0 Å². The average molecular weight is 302 g/mol. The van der Waals surface area contributed by atoms with Crippen LogP contribution in [0.25, 0.3) is 0 Å². The van der Waals surface area contributed by atoms with Gasteiger partial charge in [-0.15, -0.1) is 0 Å². The normalized spacial score (nSPS) is 18.3. The third kappa shape index (κ3) is 3.13. The van der Waals surface area contributed by atoms with Crippen molar-refractivity contribution in [3.63, 3.8) is 0 Å². The van der Waals surface area contributed by atoms with Gasteiger partial charge in [0.2, 0.25) is 0 Å². The molecule has 1 heterocycles. The van der Waals surface area contributed by atoms with Gasteiger partial charge in [-0.3, -0.25) is 0 Å². The Morgan fingerprint density at radius 1 is 1.48 bits per heavy atom. The standard InChI is InChI=1S/C16H18N2O2S/c1-4-10-20-15(19)13-11(2)18(3)16(21)17-14(13)12-8-6-5-7-9-12/h4-9,14H,1,10H2,2-3H3,(H,17,21). The Morgan fingerprint density at radius 2 is 2.14 bits per heavy atom. The summed E-state index contributed by atoms with van der Waals surface area (Å²) in [5, 5.41) is 3.78. The molecule has 0 fully saturated rings. The van der Waals surface area contributed by atoms with Gasteiger partial charge in [-0.05, 0) is 24.7 Å². The van der Waals surface area contributed by atoms with E-state index in [2.05, 4.69) is 11.9 Å². The number of carbonyl (C=O) groups excluding carboxylic acids is 1. The van der Waals surface area contributed by atoms with Crippen LogP contribution in [0, 0.1) is 0 Å². The second-order valence-corrected chi connectivity index (χ2v) is 5.13. The van der Waals surface area contributed by atoms with Gasteiger partial charge in [-0.2, -0.15) is 0 Å². The fraction of sp³-hybridized carbons (Fsp3) is 0.250. The third-order valence-electron chi connectivity index (χ3n) is 3.44. The minimum Gasteiger partial charge on any atom is -0.458 e. The maximum absolute atomic E-state index is 12.4. The van der Waals surface area contributed by atoms with Crippen LogP contribution in [0.3, 0.4) is 0 Å². The number of rotatable bonds is 4. The summed E-state index contributed by atoms with van der Waals surface area (Å²) in [6.45, 7) is 5.62. The Labute approximate surface area is 130 Å². The first-order chi connectivity index (χ1) is 10.1. The second kappa shape index (κ2) is 6.54. The van der Waals surface area contributed by atoms with Gasteiger partial charge in [0.05, 0.1) is 11.6 Å². The van der Waals surface area contributed by atoms with Crippen molar-refractivity contribution in [1.82, 2.24) is 10.2 Å². The van der Waals surface area contributed by atoms with Crippen LogP contribution in [0.5, 0.6) is 0 Å². The zero-order chi connectivity index (χ0) is 15.4. The molecule has 2 rings (SSSR count). The number of hydrogen-bond donors (Lipinski definition) is 1. The molecule has 0 aliphatic carbocycles. The quantitative estimate of drug-likeness (QED) is 0.526. The Kier molecular flexibility index (Phi) is 4.75. The molecule has 1 aromatic rings. The molecular weight excluding hydrogens is 284 g/mol. The molecule has 0 amide bonds. The number of allylic oxidation sites excluding steroid dienone is 1. The van der Waals surface area contributed by atoms with E-state index in [1.165, 1.54) is 0 Å². The molecule has 110 valence electrons. The van der Waals surface area contributed by atoms with Crippen LogP contribution in [0.2, 0.25) is 0 Å². The fourth-order valence-corrected chi connectivity index (χ4v) is 2.46. The third-order valence-corrected chi connectivity index (χ3v) is 3.83. The first-order valence-corrected chi connectivity index (χ1v) is 7.05. The van der Waals surface area contributed by atoms with Crippen molar-refractivity contribution in [2.24, 2.45) is 0 Å². The number of esters is 1. The van der Waals surface area contributed by atoms with Crippen LogP contribution in [0.4, 0.5) is 0 Å². The van der Waals surface area contributed by atoms with Crippen LogP contribution < -0.4 is 5.32 Å². The van der Waals surface area contributed by atoms with Gasteiger partial charge in [0.1, 0.15) is 6.61 Å². The highest BCUT2D eigenvalue weighted by Crippen LogP contribution is 2.30. The molecule has 1 N–H and O–H groups in total. The van der Waals surface area contributed by atoms with E-state index in [0.717, 1.165) is 11.3 Å². The number of nitrogens with zero attached hydrogens (tertiary/aromatic N) is 1. The van der Waals surface area contributed by atoms with E-state index in [-0.39, 0.29) is 18.6 Å². The van der Waals surface area contributed by atoms with Crippen molar-refractivity contribution in [3.8, 4) is 0 Å². The zero-order valence-corrected chi connectivity index (χ0v) is 12.9. The lowest BCUT2D eigenvalue weighted by Gasteiger charge is -2.35. The molecule has 0 aromatic heterocycles. The van der Waals surface area contributed by atoms with Gasteiger partial charge in [0.25, 0.3) is 0 Å². The van der Waals surface area contributed by atoms with Crippen molar-refractivity contribution in [2.75, 3.05) is 13.7 Å². The minimum absolute atomic E-state index is 0.186. The van der Waals surface area contributed by atoms with E-state index in [4.69, 9.17) is 17.0 Å². The van der Waals surface area contributed by atoms with Crippen LogP contribution in [0.15, 0.2) is 54.3 Å². The van der Waals surface area contributed by atoms with Crippen molar-refractivity contribution in [2.45, 2.75) is 13.0 Å². The van der Waals surface area contributed by atoms with Crippen LogP contribution in [-0.2, 0) is 9.53 Å². The van der Waals surface area contributed by atoms with E-state index in [9.17, 15) is 4.79 Å². The van der Waals surface area contributed by atoms with Crippen molar-refractivity contribution >= 4 is 23.3 Å². The molecule has 0 spiro atoms. The molecule has 1 atom stereocenters. The van der Waals surface area contributed by atoms with Crippen LogP contribution in [0.1, 0.15) is 18.5 Å². The van der Waals surface area contributed by atoms with Gasteiger partial charge in [-0.1, -0.05) is 43.0 Å². The van der Waals surface area contributed by atoms with Crippen LogP contribution in [-0.4, -0.2) is 29.6 Å². The van der Waals surface area contributed by atoms with Gasteiger partial charge in [-0.25, -0.2) is 4.79 Å². The Balaban J connectivity index is 2.44. The average Bonchev–Trinajstić information content (AvgIpc) is 2.50. The zero-order valence-electron chi connectivity index (χ0n) is 12.1. The van der Waals surface area contributed by atoms with Gasteiger partial charge < -0.3 is 15.0 Å². The summed E-state index contributed by atoms with van der Waals surface area (Å²) in [6, 6.07) is 9.41. The highest BCUT2D eigenvalue weighted by molar-refractivity contribution is 7.80. The lowest BCUT2D eigenvalue weighted by atomic mass is 9.95. The summed E-state index contributed by atoms with van der Waals surface area (Å²) in [7, 11) is 1.83. The van der Waals surface area contributed by atoms with E-state index in [0.29, 0.717) is 10.7 Å². The first kappa shape index (κ1) is 15.3. The molecule has 0 radical (unpaired) electrons. The van der Waals surface area contributed by atoms with Gasteiger partial charge >= 0.3 is 5.97 Å². The first-order valence-electron chi connectivity index (χ1n) is 6.64. The molecule has 0 saturated carbocycles. The van der Waals surface area contributed by atoms with Crippen molar-refractivity contribution in [3.05, 3.63) is 59.8 Å². The van der Waals surface area contributed by atoms with Crippen LogP contribution >= 0.6 is 12.2 Å². The molecule has 1 unspecified atom stereocenters. The summed E-state index contributed by atoms with van der Waals surface area (Å²) in [5.41, 5.74) is 2.33. The summed E-state index contributed by atoms with van der Waals surface area (Å²) in [6.07, 6.45) is 1.55. The highest BCUT2D eigenvalue weighted by atomic mass is 32.1. The molecule has 21 heavy (non-hydrogen) atoms. The molecule has 1 aromatic carbocycles. The maximum atomic E-state index is 12.4. The van der Waals surface area contributed by atoms with Gasteiger partial charge in [0.15, 0.2) is 5.11 Å². The number of benzene rings is 1. The fourth-order valence-electron chi connectivity index (χ4n) is 2.21. The molecule has 0 saturated heterocycles. The monoisotopic (exact) mass is 302 g/mol. The number of carbonyl (C=O) groups is 1. The summed E-state index contributed by atoms with van der Waals surface area (Å²) < 4.78 is 5.21. The van der Waals surface area contributed by atoms with E-state index >= 15 is 0 Å². The molecular formula is C16H18N2O2S. The summed E-state index contributed by atoms with van der Waals surface area (Å²) in [4.78, 5) is 14.1. The topological polar surface area (TPSA) is 41.6 Å². The molecule has 4 nitrogen and oxygen atoms in total. The molecule has 1 aliphatic heterocycles. The number of ether oxygens (including phenoxy) is 1. The number of thiocarbonyl (C=S) groups is 1. The summed E-state index contributed by atoms with van der Waals surface area (Å²) >= 11 is 5.32. The van der Waals surface area contributed by atoms with E-state index in [1.54, 1.807) is 11.0 Å². The molecule has 1 aliphatic rings. The number of nitrogens with one attached hydrogen (secondary N) is 1. The summed E-state index contributed by atoms with van der Waals surface area (Å²) in [5.74, 6) is -0.358. The maximum Gasteiger partial charge on any atom is 0.338 e. The Morgan fingerprint density at radius 3 is 2.76 bits per heavy atom.